The van der Waals surface area contributed by atoms with Crippen LogP contribution in [0.5, 0.6) is 0 Å². The van der Waals surface area contributed by atoms with Crippen molar-refractivity contribution in [1.29, 1.82) is 0 Å². The summed E-state index contributed by atoms with van der Waals surface area (Å²) >= 11 is 5.89. The fourth-order valence-electron chi connectivity index (χ4n) is 2.43. The average Bonchev–Trinajstić information content (AvgIpc) is 2.87. The molecule has 0 saturated heterocycles. The van der Waals surface area contributed by atoms with Crippen LogP contribution in [0.4, 0.5) is 0 Å². The van der Waals surface area contributed by atoms with Gasteiger partial charge in [-0.1, -0.05) is 18.2 Å². The Balaban J connectivity index is 2.49. The summed E-state index contributed by atoms with van der Waals surface area (Å²) in [4.78, 5) is 31.0. The smallest absolute Gasteiger partial charge is 0.321 e. The summed E-state index contributed by atoms with van der Waals surface area (Å²) in [5.74, 6) is 0.736. The number of alkyl halides is 1. The van der Waals surface area contributed by atoms with Crippen LogP contribution in [0.25, 0.3) is 16.9 Å². The summed E-state index contributed by atoms with van der Waals surface area (Å²) in [6.45, 7) is 2.45. The highest BCUT2D eigenvalue weighted by molar-refractivity contribution is 6.16. The molecule has 108 valence electrons. The van der Waals surface area contributed by atoms with Crippen molar-refractivity contribution in [2.24, 2.45) is 0 Å². The van der Waals surface area contributed by atoms with Gasteiger partial charge in [0.15, 0.2) is 11.2 Å². The Bertz CT molecular complexity index is 908. The first-order valence-electron chi connectivity index (χ1n) is 6.53. The van der Waals surface area contributed by atoms with E-state index in [0.717, 1.165) is 0 Å². The maximum atomic E-state index is 12.2. The molecule has 0 radical (unpaired) electrons. The first-order chi connectivity index (χ1) is 10.2. The number of fused-ring (bicyclic) bond motifs is 1. The number of imidazole rings is 1. The van der Waals surface area contributed by atoms with Gasteiger partial charge in [-0.3, -0.25) is 9.78 Å². The number of rotatable bonds is 3. The first-order valence-corrected chi connectivity index (χ1v) is 7.06. The molecule has 0 aliphatic carbocycles. The molecular formula is C14H13ClN4O2. The average molecular weight is 305 g/mol. The minimum absolute atomic E-state index is 0.172. The summed E-state index contributed by atoms with van der Waals surface area (Å²) in [6, 6.07) is 9.05. The van der Waals surface area contributed by atoms with Gasteiger partial charge < -0.3 is 4.57 Å². The zero-order chi connectivity index (χ0) is 15.0. The fourth-order valence-corrected chi connectivity index (χ4v) is 2.64. The lowest BCUT2D eigenvalue weighted by molar-refractivity contribution is 0.743. The molecule has 0 spiro atoms. The summed E-state index contributed by atoms with van der Waals surface area (Å²) in [5.41, 5.74) is 0.364. The lowest BCUT2D eigenvalue weighted by Crippen LogP contribution is -2.30. The number of hydrogen-bond acceptors (Lipinski definition) is 3. The third-order valence-electron chi connectivity index (χ3n) is 3.33. The van der Waals surface area contributed by atoms with Crippen molar-refractivity contribution in [3.8, 4) is 5.69 Å². The molecule has 1 N–H and O–H groups in total. The Morgan fingerprint density at radius 2 is 1.95 bits per heavy atom. The van der Waals surface area contributed by atoms with Crippen molar-refractivity contribution < 1.29 is 0 Å². The van der Waals surface area contributed by atoms with E-state index in [2.05, 4.69) is 9.97 Å². The van der Waals surface area contributed by atoms with Gasteiger partial charge in [0.25, 0.3) is 5.56 Å². The van der Waals surface area contributed by atoms with Gasteiger partial charge in [0, 0.05) is 6.54 Å². The minimum Gasteiger partial charge on any atom is -0.321 e. The van der Waals surface area contributed by atoms with Crippen LogP contribution in [0.3, 0.4) is 0 Å². The molecule has 0 bridgehead atoms. The highest BCUT2D eigenvalue weighted by Gasteiger charge is 2.17. The Morgan fingerprint density at radius 1 is 1.24 bits per heavy atom. The number of halogens is 1. The molecule has 21 heavy (non-hydrogen) atoms. The van der Waals surface area contributed by atoms with Crippen molar-refractivity contribution >= 4 is 22.8 Å². The van der Waals surface area contributed by atoms with Crippen LogP contribution in [-0.4, -0.2) is 19.1 Å². The highest BCUT2D eigenvalue weighted by Crippen LogP contribution is 2.16. The minimum atomic E-state index is -0.513. The monoisotopic (exact) mass is 304 g/mol. The number of benzene rings is 1. The van der Waals surface area contributed by atoms with Gasteiger partial charge in [0.1, 0.15) is 5.82 Å². The topological polar surface area (TPSA) is 72.7 Å². The Morgan fingerprint density at radius 3 is 2.57 bits per heavy atom. The van der Waals surface area contributed by atoms with Gasteiger partial charge in [-0.05, 0) is 19.1 Å². The van der Waals surface area contributed by atoms with E-state index in [9.17, 15) is 9.59 Å². The predicted molar refractivity (Wildman–Crippen MR) is 81.2 cm³/mol. The van der Waals surface area contributed by atoms with Crippen LogP contribution < -0.4 is 11.2 Å². The van der Waals surface area contributed by atoms with Crippen molar-refractivity contribution in [3.05, 3.63) is 57.0 Å². The molecule has 1 aromatic carbocycles. The summed E-state index contributed by atoms with van der Waals surface area (Å²) < 4.78 is 3.11. The lowest BCUT2D eigenvalue weighted by Gasteiger charge is -2.06. The fraction of sp³-hybridized carbons (Fsp3) is 0.214. The van der Waals surface area contributed by atoms with Crippen molar-refractivity contribution in [2.75, 3.05) is 0 Å². The van der Waals surface area contributed by atoms with Gasteiger partial charge in [-0.25, -0.2) is 14.3 Å². The van der Waals surface area contributed by atoms with E-state index in [4.69, 9.17) is 11.6 Å². The van der Waals surface area contributed by atoms with Gasteiger partial charge in [-0.2, -0.15) is 0 Å². The number of aryl methyl sites for hydroxylation is 1. The van der Waals surface area contributed by atoms with Crippen LogP contribution in [0.1, 0.15) is 12.7 Å². The predicted octanol–water partition coefficient (Wildman–Crippen LogP) is 1.63. The number of hydrogen-bond donors (Lipinski definition) is 1. The van der Waals surface area contributed by atoms with E-state index in [1.165, 1.54) is 4.57 Å². The molecule has 3 rings (SSSR count). The Kier molecular flexibility index (Phi) is 3.39. The molecule has 0 amide bonds. The standard InChI is InChI=1S/C14H13ClN4O2/c1-2-18-10(8-15)16-12-11(18)13(20)17-14(21)19(12)9-6-4-3-5-7-9/h3-7H,2,8H2,1H3,(H,17,20,21). The maximum Gasteiger partial charge on any atom is 0.334 e. The van der Waals surface area contributed by atoms with E-state index < -0.39 is 11.2 Å². The lowest BCUT2D eigenvalue weighted by atomic mass is 10.3. The van der Waals surface area contributed by atoms with Gasteiger partial charge in [0.2, 0.25) is 0 Å². The van der Waals surface area contributed by atoms with E-state index in [-0.39, 0.29) is 5.88 Å². The molecule has 0 fully saturated rings. The molecule has 2 aromatic heterocycles. The number of aromatic nitrogens is 4. The highest BCUT2D eigenvalue weighted by atomic mass is 35.5. The molecule has 7 heteroatoms. The number of aromatic amines is 1. The Hall–Kier alpha value is -2.34. The third-order valence-corrected chi connectivity index (χ3v) is 3.57. The summed E-state index contributed by atoms with van der Waals surface area (Å²) in [6.07, 6.45) is 0. The van der Waals surface area contributed by atoms with Gasteiger partial charge in [0.05, 0.1) is 11.6 Å². The van der Waals surface area contributed by atoms with E-state index in [0.29, 0.717) is 29.2 Å². The summed E-state index contributed by atoms with van der Waals surface area (Å²) in [5, 5.41) is 0. The van der Waals surface area contributed by atoms with Crippen molar-refractivity contribution in [1.82, 2.24) is 19.1 Å². The second-order valence-electron chi connectivity index (χ2n) is 4.51. The number of nitrogens with one attached hydrogen (secondary N) is 1. The molecule has 0 saturated carbocycles. The van der Waals surface area contributed by atoms with E-state index in [1.54, 1.807) is 16.7 Å². The third kappa shape index (κ3) is 2.08. The molecular weight excluding hydrogens is 292 g/mol. The maximum absolute atomic E-state index is 12.2. The van der Waals surface area contributed by atoms with Gasteiger partial charge in [-0.15, -0.1) is 11.6 Å². The van der Waals surface area contributed by atoms with Crippen molar-refractivity contribution in [2.45, 2.75) is 19.3 Å². The zero-order valence-electron chi connectivity index (χ0n) is 11.3. The quantitative estimate of drug-likeness (QED) is 0.748. The molecule has 0 aliphatic heterocycles. The second kappa shape index (κ2) is 5.21. The normalized spacial score (nSPS) is 11.1. The van der Waals surface area contributed by atoms with Crippen LogP contribution in [0, 0.1) is 0 Å². The first kappa shape index (κ1) is 13.6. The van der Waals surface area contributed by atoms with E-state index in [1.807, 2.05) is 25.1 Å². The van der Waals surface area contributed by atoms with Gasteiger partial charge >= 0.3 is 5.69 Å². The summed E-state index contributed by atoms with van der Waals surface area (Å²) in [7, 11) is 0. The number of para-hydroxylation sites is 1. The largest absolute Gasteiger partial charge is 0.334 e. The van der Waals surface area contributed by atoms with Crippen LogP contribution in [-0.2, 0) is 12.4 Å². The second-order valence-corrected chi connectivity index (χ2v) is 4.78. The molecule has 3 aromatic rings. The van der Waals surface area contributed by atoms with E-state index >= 15 is 0 Å². The molecule has 0 aliphatic rings. The molecule has 6 nitrogen and oxygen atoms in total. The molecule has 0 unspecified atom stereocenters. The SMILES string of the molecule is CCn1c(CCl)nc2c1c(=O)[nH]c(=O)n2-c1ccccc1. The molecule has 0 atom stereocenters. The Labute approximate surface area is 124 Å². The number of nitrogens with zero attached hydrogens (tertiary/aromatic N) is 3. The zero-order valence-corrected chi connectivity index (χ0v) is 12.1. The van der Waals surface area contributed by atoms with Crippen LogP contribution in [0.2, 0.25) is 0 Å². The van der Waals surface area contributed by atoms with Crippen LogP contribution >= 0.6 is 11.6 Å². The molecule has 2 heterocycles. The number of H-pyrrole nitrogens is 1. The van der Waals surface area contributed by atoms with Crippen molar-refractivity contribution in [3.63, 3.8) is 0 Å². The van der Waals surface area contributed by atoms with Crippen LogP contribution in [0.15, 0.2) is 39.9 Å².